The molecule has 0 bridgehead atoms. The Morgan fingerprint density at radius 3 is 3.25 bits per heavy atom. The first-order valence-corrected chi connectivity index (χ1v) is 7.92. The minimum absolute atomic E-state index is 0.0642. The highest BCUT2D eigenvalue weighted by molar-refractivity contribution is 7.99. The van der Waals surface area contributed by atoms with Crippen LogP contribution in [-0.2, 0) is 4.79 Å². The Morgan fingerprint density at radius 1 is 1.45 bits per heavy atom. The van der Waals surface area contributed by atoms with Crippen molar-refractivity contribution in [1.29, 1.82) is 0 Å². The fourth-order valence-corrected chi connectivity index (χ4v) is 3.36. The number of benzene rings is 1. The summed E-state index contributed by atoms with van der Waals surface area (Å²) in [4.78, 5) is 16.2. The first-order valence-electron chi connectivity index (χ1n) is 6.76. The van der Waals surface area contributed by atoms with Crippen molar-refractivity contribution in [2.75, 3.05) is 23.4 Å². The lowest BCUT2D eigenvalue weighted by Crippen LogP contribution is -2.39. The van der Waals surface area contributed by atoms with Crippen LogP contribution < -0.4 is 10.6 Å². The van der Waals surface area contributed by atoms with Gasteiger partial charge in [0.15, 0.2) is 0 Å². The first-order chi connectivity index (χ1) is 9.83. The highest BCUT2D eigenvalue weighted by atomic mass is 32.2. The van der Waals surface area contributed by atoms with Crippen LogP contribution in [0.2, 0.25) is 0 Å². The number of nitrogens with one attached hydrogen (secondary N) is 2. The molecule has 1 aliphatic heterocycles. The number of amides is 1. The van der Waals surface area contributed by atoms with Gasteiger partial charge >= 0.3 is 0 Å². The zero-order valence-electron chi connectivity index (χ0n) is 11.1. The van der Waals surface area contributed by atoms with Gasteiger partial charge in [0.05, 0.1) is 0 Å². The Balaban J connectivity index is 1.71. The number of pyridine rings is 1. The maximum Gasteiger partial charge on any atom is 0.225 e. The molecule has 0 spiro atoms. The summed E-state index contributed by atoms with van der Waals surface area (Å²) in [6, 6.07) is 8.08. The number of anilines is 1. The zero-order valence-corrected chi connectivity index (χ0v) is 12.0. The molecule has 2 aromatic rings. The molecule has 1 fully saturated rings. The second kappa shape index (κ2) is 6.24. The van der Waals surface area contributed by atoms with Gasteiger partial charge in [-0.3, -0.25) is 9.78 Å². The molecule has 2 heterocycles. The van der Waals surface area contributed by atoms with Gasteiger partial charge in [0.25, 0.3) is 0 Å². The van der Waals surface area contributed by atoms with Gasteiger partial charge in [0, 0.05) is 59.4 Å². The third-order valence-corrected chi connectivity index (χ3v) is 4.52. The number of nitrogens with zero attached hydrogens (tertiary/aromatic N) is 1. The van der Waals surface area contributed by atoms with Gasteiger partial charge < -0.3 is 10.6 Å². The molecule has 104 valence electrons. The van der Waals surface area contributed by atoms with Crippen LogP contribution in [0.3, 0.4) is 0 Å². The highest BCUT2D eigenvalue weighted by Gasteiger charge is 2.17. The molecule has 1 atom stereocenters. The van der Waals surface area contributed by atoms with Crippen molar-refractivity contribution in [2.45, 2.75) is 12.5 Å². The smallest absolute Gasteiger partial charge is 0.225 e. The number of hydrogen-bond donors (Lipinski definition) is 2. The second-order valence-electron chi connectivity index (χ2n) is 4.88. The fourth-order valence-electron chi connectivity index (χ4n) is 2.41. The molecule has 0 aliphatic carbocycles. The van der Waals surface area contributed by atoms with Crippen LogP contribution in [-0.4, -0.2) is 35.0 Å². The van der Waals surface area contributed by atoms with Gasteiger partial charge in [-0.05, 0) is 12.1 Å². The molecule has 20 heavy (non-hydrogen) atoms. The van der Waals surface area contributed by atoms with E-state index in [0.717, 1.165) is 34.5 Å². The highest BCUT2D eigenvalue weighted by Crippen LogP contribution is 2.22. The van der Waals surface area contributed by atoms with Gasteiger partial charge in [-0.25, -0.2) is 0 Å². The van der Waals surface area contributed by atoms with Crippen LogP contribution >= 0.6 is 11.8 Å². The van der Waals surface area contributed by atoms with Gasteiger partial charge in [-0.15, -0.1) is 0 Å². The van der Waals surface area contributed by atoms with E-state index in [1.807, 2.05) is 42.2 Å². The maximum atomic E-state index is 12.1. The summed E-state index contributed by atoms with van der Waals surface area (Å²) in [5, 5.41) is 8.47. The van der Waals surface area contributed by atoms with E-state index in [1.165, 1.54) is 0 Å². The van der Waals surface area contributed by atoms with Crippen molar-refractivity contribution in [1.82, 2.24) is 10.3 Å². The number of fused-ring (bicyclic) bond motifs is 1. The van der Waals surface area contributed by atoms with Crippen LogP contribution in [0.25, 0.3) is 10.8 Å². The number of rotatable bonds is 3. The van der Waals surface area contributed by atoms with Crippen LogP contribution in [0.4, 0.5) is 5.69 Å². The molecule has 1 amide bonds. The van der Waals surface area contributed by atoms with Gasteiger partial charge in [-0.1, -0.05) is 12.1 Å². The maximum absolute atomic E-state index is 12.1. The molecule has 0 radical (unpaired) electrons. The van der Waals surface area contributed by atoms with Gasteiger partial charge in [0.2, 0.25) is 5.91 Å². The van der Waals surface area contributed by atoms with Crippen LogP contribution in [0.15, 0.2) is 36.7 Å². The van der Waals surface area contributed by atoms with E-state index in [9.17, 15) is 4.79 Å². The van der Waals surface area contributed by atoms with E-state index < -0.39 is 0 Å². The summed E-state index contributed by atoms with van der Waals surface area (Å²) < 4.78 is 0. The SMILES string of the molecule is O=C(CC1CSCCN1)Nc1cccc2cnccc12. The van der Waals surface area contributed by atoms with Crippen molar-refractivity contribution in [3.8, 4) is 0 Å². The Labute approximate surface area is 122 Å². The summed E-state index contributed by atoms with van der Waals surface area (Å²) in [7, 11) is 0. The zero-order chi connectivity index (χ0) is 13.8. The van der Waals surface area contributed by atoms with Crippen molar-refractivity contribution >= 4 is 34.1 Å². The molecule has 1 aromatic heterocycles. The molecule has 2 N–H and O–H groups in total. The normalized spacial score (nSPS) is 18.9. The summed E-state index contributed by atoms with van der Waals surface area (Å²) in [6.45, 7) is 0.989. The number of carbonyl (C=O) groups is 1. The predicted molar refractivity (Wildman–Crippen MR) is 84.1 cm³/mol. The van der Waals surface area contributed by atoms with E-state index >= 15 is 0 Å². The topological polar surface area (TPSA) is 54.0 Å². The van der Waals surface area contributed by atoms with E-state index in [1.54, 1.807) is 6.20 Å². The molecule has 5 heteroatoms. The molecule has 4 nitrogen and oxygen atoms in total. The predicted octanol–water partition coefficient (Wildman–Crippen LogP) is 2.27. The molecule has 3 rings (SSSR count). The van der Waals surface area contributed by atoms with Crippen LogP contribution in [0.5, 0.6) is 0 Å². The lowest BCUT2D eigenvalue weighted by molar-refractivity contribution is -0.116. The summed E-state index contributed by atoms with van der Waals surface area (Å²) in [6.07, 6.45) is 4.08. The average Bonchev–Trinajstić information content (AvgIpc) is 2.48. The van der Waals surface area contributed by atoms with Gasteiger partial charge in [0.1, 0.15) is 0 Å². The molecule has 1 aliphatic rings. The third-order valence-electron chi connectivity index (χ3n) is 3.39. The molecular weight excluding hydrogens is 270 g/mol. The molecule has 1 aromatic carbocycles. The molecule has 1 unspecified atom stereocenters. The minimum atomic E-state index is 0.0642. The lowest BCUT2D eigenvalue weighted by atomic mass is 10.1. The van der Waals surface area contributed by atoms with E-state index in [-0.39, 0.29) is 11.9 Å². The van der Waals surface area contributed by atoms with Crippen molar-refractivity contribution < 1.29 is 4.79 Å². The summed E-state index contributed by atoms with van der Waals surface area (Å²) in [5.41, 5.74) is 0.860. The van der Waals surface area contributed by atoms with Crippen molar-refractivity contribution in [3.05, 3.63) is 36.7 Å². The van der Waals surface area contributed by atoms with E-state index in [0.29, 0.717) is 6.42 Å². The molecule has 0 saturated carbocycles. The number of thioether (sulfide) groups is 1. The lowest BCUT2D eigenvalue weighted by Gasteiger charge is -2.22. The number of carbonyl (C=O) groups excluding carboxylic acids is 1. The molecular formula is C15H17N3OS. The number of hydrogen-bond acceptors (Lipinski definition) is 4. The minimum Gasteiger partial charge on any atom is -0.325 e. The standard InChI is InChI=1S/C15H17N3OS/c19-15(8-12-10-20-7-6-17-12)18-14-3-1-2-11-9-16-5-4-13(11)14/h1-5,9,12,17H,6-8,10H2,(H,18,19). The Kier molecular flexibility index (Phi) is 4.18. The van der Waals surface area contributed by atoms with Crippen LogP contribution in [0, 0.1) is 0 Å². The number of aromatic nitrogens is 1. The largest absolute Gasteiger partial charge is 0.325 e. The van der Waals surface area contributed by atoms with E-state index in [2.05, 4.69) is 15.6 Å². The average molecular weight is 287 g/mol. The second-order valence-corrected chi connectivity index (χ2v) is 6.03. The Bertz CT molecular complexity index is 606. The van der Waals surface area contributed by atoms with Crippen LogP contribution in [0.1, 0.15) is 6.42 Å². The monoisotopic (exact) mass is 287 g/mol. The Morgan fingerprint density at radius 2 is 2.40 bits per heavy atom. The third kappa shape index (κ3) is 3.11. The van der Waals surface area contributed by atoms with Gasteiger partial charge in [-0.2, -0.15) is 11.8 Å². The van der Waals surface area contributed by atoms with Crippen molar-refractivity contribution in [2.24, 2.45) is 0 Å². The first kappa shape index (κ1) is 13.4. The quantitative estimate of drug-likeness (QED) is 0.909. The van der Waals surface area contributed by atoms with E-state index in [4.69, 9.17) is 0 Å². The fraction of sp³-hybridized carbons (Fsp3) is 0.333. The summed E-state index contributed by atoms with van der Waals surface area (Å²) >= 11 is 1.90. The Hall–Kier alpha value is -1.59. The van der Waals surface area contributed by atoms with Crippen molar-refractivity contribution in [3.63, 3.8) is 0 Å². The summed E-state index contributed by atoms with van der Waals surface area (Å²) in [5.74, 6) is 2.20. The molecule has 1 saturated heterocycles.